The Balaban J connectivity index is 3.20. The van der Waals surface area contributed by atoms with E-state index in [1.54, 1.807) is 0 Å². The molecule has 3 heteroatoms. The molecule has 1 aromatic rings. The van der Waals surface area contributed by atoms with E-state index >= 15 is 0 Å². The summed E-state index contributed by atoms with van der Waals surface area (Å²) in [5.41, 5.74) is 3.05. The van der Waals surface area contributed by atoms with Gasteiger partial charge in [0.05, 0.1) is 4.83 Å². The van der Waals surface area contributed by atoms with Crippen molar-refractivity contribution < 1.29 is 4.79 Å². The van der Waals surface area contributed by atoms with Gasteiger partial charge in [-0.2, -0.15) is 0 Å². The van der Waals surface area contributed by atoms with Gasteiger partial charge in [-0.05, 0) is 25.0 Å². The molecule has 0 spiro atoms. The molecule has 0 aromatic heterocycles. The Morgan fingerprint density at radius 1 is 1.50 bits per heavy atom. The lowest BCUT2D eigenvalue weighted by molar-refractivity contribution is 0.0995. The van der Waals surface area contributed by atoms with Crippen LogP contribution in [0.2, 0.25) is 0 Å². The summed E-state index contributed by atoms with van der Waals surface area (Å²) >= 11 is 6.71. The molecule has 1 unspecified atom stereocenters. The Morgan fingerprint density at radius 2 is 2.14 bits per heavy atom. The monoisotopic (exact) mass is 318 g/mol. The van der Waals surface area contributed by atoms with Gasteiger partial charge in [0.15, 0.2) is 5.78 Å². The Hall–Kier alpha value is -0.150. The molecular weight excluding hydrogens is 308 g/mol. The maximum Gasteiger partial charge on any atom is 0.176 e. The zero-order valence-corrected chi connectivity index (χ0v) is 11.4. The molecule has 0 fully saturated rings. The second kappa shape index (κ2) is 5.08. The van der Waals surface area contributed by atoms with Gasteiger partial charge in [-0.3, -0.25) is 4.79 Å². The van der Waals surface area contributed by atoms with Crippen LogP contribution >= 0.6 is 31.9 Å². The summed E-state index contributed by atoms with van der Waals surface area (Å²) in [5, 5.41) is 0.723. The summed E-state index contributed by atoms with van der Waals surface area (Å²) in [4.78, 5) is 11.7. The number of hydrogen-bond acceptors (Lipinski definition) is 1. The third-order valence-corrected chi connectivity index (χ3v) is 3.15. The van der Waals surface area contributed by atoms with Gasteiger partial charge in [-0.1, -0.05) is 50.1 Å². The summed E-state index contributed by atoms with van der Waals surface area (Å²) in [5.74, 6) is 0.142. The van der Waals surface area contributed by atoms with Crippen LogP contribution in [0.25, 0.3) is 0 Å². The zero-order valence-electron chi connectivity index (χ0n) is 8.18. The molecule has 0 radical (unpaired) electrons. The lowest BCUT2D eigenvalue weighted by Crippen LogP contribution is -2.12. The molecule has 0 aliphatic carbocycles. The van der Waals surface area contributed by atoms with Crippen molar-refractivity contribution >= 4 is 37.6 Å². The van der Waals surface area contributed by atoms with Crippen molar-refractivity contribution in [1.29, 1.82) is 0 Å². The van der Waals surface area contributed by atoms with Crippen LogP contribution in [-0.4, -0.2) is 10.6 Å². The Bertz CT molecular complexity index is 345. The van der Waals surface area contributed by atoms with Gasteiger partial charge in [0.25, 0.3) is 0 Å². The van der Waals surface area contributed by atoms with Gasteiger partial charge in [-0.15, -0.1) is 0 Å². The van der Waals surface area contributed by atoms with Crippen molar-refractivity contribution in [2.75, 3.05) is 0 Å². The van der Waals surface area contributed by atoms with Crippen molar-refractivity contribution in [2.45, 2.75) is 24.0 Å². The van der Waals surface area contributed by atoms with Crippen LogP contribution in [0.1, 0.15) is 28.4 Å². The van der Waals surface area contributed by atoms with E-state index in [-0.39, 0.29) is 10.6 Å². The summed E-state index contributed by atoms with van der Waals surface area (Å²) in [6, 6.07) is 5.82. The van der Waals surface area contributed by atoms with Gasteiger partial charge in [0.2, 0.25) is 0 Å². The SMILES string of the molecule is Cc1cccc(C(=O)C(C)Br)c1CBr. The second-order valence-corrected chi connectivity index (χ2v) is 5.15. The minimum atomic E-state index is -0.123. The van der Waals surface area contributed by atoms with E-state index in [9.17, 15) is 4.79 Å². The minimum Gasteiger partial charge on any atom is -0.293 e. The summed E-state index contributed by atoms with van der Waals surface area (Å²) < 4.78 is 0. The Kier molecular flexibility index (Phi) is 4.32. The molecule has 0 bridgehead atoms. The van der Waals surface area contributed by atoms with E-state index in [1.165, 1.54) is 0 Å². The van der Waals surface area contributed by atoms with Crippen LogP contribution in [0.3, 0.4) is 0 Å². The molecule has 1 rings (SSSR count). The first kappa shape index (κ1) is 11.9. The van der Waals surface area contributed by atoms with Crippen molar-refractivity contribution in [3.05, 3.63) is 34.9 Å². The van der Waals surface area contributed by atoms with E-state index in [0.717, 1.165) is 22.0 Å². The van der Waals surface area contributed by atoms with E-state index in [0.29, 0.717) is 0 Å². The van der Waals surface area contributed by atoms with Gasteiger partial charge in [0, 0.05) is 10.9 Å². The predicted octanol–water partition coefficient (Wildman–Crippen LogP) is 3.86. The third-order valence-electron chi connectivity index (χ3n) is 2.17. The molecule has 0 saturated heterocycles. The first-order chi connectivity index (χ1) is 6.57. The number of aryl methyl sites for hydroxylation is 1. The number of rotatable bonds is 3. The highest BCUT2D eigenvalue weighted by Gasteiger charge is 2.16. The molecule has 1 atom stereocenters. The van der Waals surface area contributed by atoms with Crippen molar-refractivity contribution in [1.82, 2.24) is 0 Å². The van der Waals surface area contributed by atoms with Crippen LogP contribution in [-0.2, 0) is 5.33 Å². The maximum absolute atomic E-state index is 11.8. The maximum atomic E-state index is 11.8. The fraction of sp³-hybridized carbons (Fsp3) is 0.364. The average molecular weight is 320 g/mol. The molecule has 0 saturated carbocycles. The number of carbonyl (C=O) groups is 1. The first-order valence-corrected chi connectivity index (χ1v) is 6.44. The van der Waals surface area contributed by atoms with Gasteiger partial charge >= 0.3 is 0 Å². The summed E-state index contributed by atoms with van der Waals surface area (Å²) in [7, 11) is 0. The van der Waals surface area contributed by atoms with Gasteiger partial charge in [0.1, 0.15) is 0 Å². The van der Waals surface area contributed by atoms with Crippen molar-refractivity contribution in [3.63, 3.8) is 0 Å². The molecule has 0 N–H and O–H groups in total. The number of Topliss-reactive ketones (excluding diaryl/α,β-unsaturated/α-hetero) is 1. The Labute approximate surface area is 101 Å². The second-order valence-electron chi connectivity index (χ2n) is 3.21. The molecule has 0 aliphatic heterocycles. The van der Waals surface area contributed by atoms with E-state index in [1.807, 2.05) is 32.0 Å². The first-order valence-electron chi connectivity index (χ1n) is 4.40. The smallest absolute Gasteiger partial charge is 0.176 e. The van der Waals surface area contributed by atoms with Crippen LogP contribution < -0.4 is 0 Å². The Morgan fingerprint density at radius 3 is 2.64 bits per heavy atom. The molecule has 0 amide bonds. The standard InChI is InChI=1S/C11H12Br2O/c1-7-4-3-5-9(10(7)6-12)11(14)8(2)13/h3-5,8H,6H2,1-2H3. The van der Waals surface area contributed by atoms with Crippen LogP contribution in [0.5, 0.6) is 0 Å². The molecule has 76 valence electrons. The number of benzene rings is 1. The number of carbonyl (C=O) groups excluding carboxylic acids is 1. The average Bonchev–Trinajstić information content (AvgIpc) is 2.16. The molecule has 14 heavy (non-hydrogen) atoms. The summed E-state index contributed by atoms with van der Waals surface area (Å²) in [6.45, 7) is 3.87. The molecule has 1 aromatic carbocycles. The fourth-order valence-corrected chi connectivity index (χ4v) is 2.32. The van der Waals surface area contributed by atoms with Crippen molar-refractivity contribution in [3.8, 4) is 0 Å². The number of hydrogen-bond donors (Lipinski definition) is 0. The number of alkyl halides is 2. The molecule has 1 nitrogen and oxygen atoms in total. The lowest BCUT2D eigenvalue weighted by Gasteiger charge is -2.10. The van der Waals surface area contributed by atoms with Crippen LogP contribution in [0.15, 0.2) is 18.2 Å². The topological polar surface area (TPSA) is 17.1 Å². The summed E-state index contributed by atoms with van der Waals surface area (Å²) in [6.07, 6.45) is 0. The van der Waals surface area contributed by atoms with E-state index < -0.39 is 0 Å². The highest BCUT2D eigenvalue weighted by molar-refractivity contribution is 9.10. The van der Waals surface area contributed by atoms with Crippen LogP contribution in [0.4, 0.5) is 0 Å². The minimum absolute atomic E-state index is 0.123. The lowest BCUT2D eigenvalue weighted by atomic mass is 9.99. The molecular formula is C11H12Br2O. The highest BCUT2D eigenvalue weighted by atomic mass is 79.9. The number of ketones is 1. The van der Waals surface area contributed by atoms with Crippen molar-refractivity contribution in [2.24, 2.45) is 0 Å². The van der Waals surface area contributed by atoms with E-state index in [4.69, 9.17) is 0 Å². The normalized spacial score (nSPS) is 12.6. The zero-order chi connectivity index (χ0) is 10.7. The fourth-order valence-electron chi connectivity index (χ4n) is 1.32. The van der Waals surface area contributed by atoms with E-state index in [2.05, 4.69) is 31.9 Å². The predicted molar refractivity (Wildman–Crippen MR) is 66.5 cm³/mol. The largest absolute Gasteiger partial charge is 0.293 e. The highest BCUT2D eigenvalue weighted by Crippen LogP contribution is 2.20. The molecule has 0 heterocycles. The van der Waals surface area contributed by atoms with Gasteiger partial charge in [-0.25, -0.2) is 0 Å². The quantitative estimate of drug-likeness (QED) is 0.611. The number of halogens is 2. The molecule has 0 aliphatic rings. The third kappa shape index (κ3) is 2.45. The van der Waals surface area contributed by atoms with Crippen LogP contribution in [0, 0.1) is 6.92 Å². The van der Waals surface area contributed by atoms with Gasteiger partial charge < -0.3 is 0 Å².